The second kappa shape index (κ2) is 10.0. The molecular weight excluding hydrogens is 448 g/mol. The maximum atomic E-state index is 13.1. The molecule has 0 fully saturated rings. The summed E-state index contributed by atoms with van der Waals surface area (Å²) < 4.78 is 12.1. The maximum absolute atomic E-state index is 13.1. The van der Waals surface area contributed by atoms with E-state index in [0.29, 0.717) is 29.3 Å². The standard InChI is InChI=1S/C26H30N4O3S/c1-7-32-20-10-8-19(9-11-20)25-30(18(6)31)23-17(5)12-16(4)13-21(23)22-24(33-25)27-26(29-28-22)34-14-15(2)3/h8-13,15,25H,7,14H2,1-6H3/t25-/m1/s1. The number of carbonyl (C=O) groups is 1. The topological polar surface area (TPSA) is 77.4 Å². The third kappa shape index (κ3) is 4.87. The summed E-state index contributed by atoms with van der Waals surface area (Å²) in [6, 6.07) is 11.7. The fourth-order valence-electron chi connectivity index (χ4n) is 4.02. The zero-order valence-electron chi connectivity index (χ0n) is 20.5. The summed E-state index contributed by atoms with van der Waals surface area (Å²) in [7, 11) is 0. The fraction of sp³-hybridized carbons (Fsp3) is 0.385. The van der Waals surface area contributed by atoms with Gasteiger partial charge >= 0.3 is 0 Å². The van der Waals surface area contributed by atoms with Crippen molar-refractivity contribution in [2.45, 2.75) is 52.9 Å². The Morgan fingerprint density at radius 1 is 1.18 bits per heavy atom. The van der Waals surface area contributed by atoms with E-state index in [1.807, 2.05) is 51.1 Å². The second-order valence-electron chi connectivity index (χ2n) is 8.79. The quantitative estimate of drug-likeness (QED) is 0.418. The van der Waals surface area contributed by atoms with E-state index in [-0.39, 0.29) is 5.91 Å². The number of amides is 1. The van der Waals surface area contributed by atoms with Gasteiger partial charge in [0.05, 0.1) is 12.3 Å². The number of fused-ring (bicyclic) bond motifs is 3. The summed E-state index contributed by atoms with van der Waals surface area (Å²) in [5, 5.41) is 9.45. The summed E-state index contributed by atoms with van der Waals surface area (Å²) in [6.07, 6.45) is -0.714. The molecule has 1 amide bonds. The molecule has 3 aromatic rings. The monoisotopic (exact) mass is 478 g/mol. The Hall–Kier alpha value is -3.13. The lowest BCUT2D eigenvalue weighted by Crippen LogP contribution is -2.36. The molecule has 0 aliphatic carbocycles. The van der Waals surface area contributed by atoms with Crippen LogP contribution in [0.5, 0.6) is 11.6 Å². The maximum Gasteiger partial charge on any atom is 0.247 e. The number of thioether (sulfide) groups is 1. The summed E-state index contributed by atoms with van der Waals surface area (Å²) in [5.41, 5.74) is 4.91. The molecule has 34 heavy (non-hydrogen) atoms. The number of hydrogen-bond donors (Lipinski definition) is 0. The molecule has 178 valence electrons. The number of hydrogen-bond acceptors (Lipinski definition) is 7. The molecule has 1 aliphatic rings. The Morgan fingerprint density at radius 2 is 1.91 bits per heavy atom. The molecule has 0 saturated heterocycles. The molecule has 8 heteroatoms. The first-order valence-corrected chi connectivity index (χ1v) is 12.4. The lowest BCUT2D eigenvalue weighted by atomic mass is 10.00. The van der Waals surface area contributed by atoms with E-state index in [1.165, 1.54) is 0 Å². The Morgan fingerprint density at radius 3 is 2.56 bits per heavy atom. The predicted octanol–water partition coefficient (Wildman–Crippen LogP) is 5.75. The van der Waals surface area contributed by atoms with Crippen molar-refractivity contribution in [3.8, 4) is 22.9 Å². The van der Waals surface area contributed by atoms with Crippen molar-refractivity contribution in [2.75, 3.05) is 17.3 Å². The summed E-state index contributed by atoms with van der Waals surface area (Å²) in [6.45, 7) is 12.4. The Labute approximate surface area is 204 Å². The van der Waals surface area contributed by atoms with Crippen molar-refractivity contribution in [1.82, 2.24) is 15.2 Å². The van der Waals surface area contributed by atoms with Crippen molar-refractivity contribution in [3.63, 3.8) is 0 Å². The van der Waals surface area contributed by atoms with Crippen molar-refractivity contribution >= 4 is 23.4 Å². The van der Waals surface area contributed by atoms with Gasteiger partial charge in [-0.15, -0.1) is 10.2 Å². The number of anilines is 1. The van der Waals surface area contributed by atoms with Gasteiger partial charge in [0.1, 0.15) is 5.75 Å². The van der Waals surface area contributed by atoms with Crippen LogP contribution >= 0.6 is 11.8 Å². The molecule has 0 bridgehead atoms. The summed E-state index contributed by atoms with van der Waals surface area (Å²) >= 11 is 1.55. The highest BCUT2D eigenvalue weighted by Gasteiger charge is 2.36. The van der Waals surface area contributed by atoms with Gasteiger partial charge in [0, 0.05) is 23.8 Å². The minimum atomic E-state index is -0.714. The number of ether oxygens (including phenoxy) is 2. The zero-order valence-corrected chi connectivity index (χ0v) is 21.3. The minimum absolute atomic E-state index is 0.137. The lowest BCUT2D eigenvalue weighted by Gasteiger charge is -2.31. The smallest absolute Gasteiger partial charge is 0.247 e. The molecule has 1 atom stereocenters. The van der Waals surface area contributed by atoms with Crippen LogP contribution in [0.3, 0.4) is 0 Å². The van der Waals surface area contributed by atoms with Gasteiger partial charge in [0.25, 0.3) is 0 Å². The van der Waals surface area contributed by atoms with Crippen LogP contribution in [0.15, 0.2) is 41.6 Å². The molecule has 4 rings (SSSR count). The molecule has 0 radical (unpaired) electrons. The first-order valence-electron chi connectivity index (χ1n) is 11.5. The van der Waals surface area contributed by atoms with E-state index in [9.17, 15) is 4.79 Å². The first kappa shape index (κ1) is 24.0. The SMILES string of the molecule is CCOc1ccc([C@H]2Oc3nc(SCC(C)C)nnc3-c3cc(C)cc(C)c3N2C(C)=O)cc1. The molecule has 0 spiro atoms. The Bertz CT molecular complexity index is 1200. The Kier molecular flexibility index (Phi) is 7.07. The average Bonchev–Trinajstić information content (AvgIpc) is 2.93. The number of aryl methyl sites for hydroxylation is 2. The molecule has 7 nitrogen and oxygen atoms in total. The molecule has 1 aliphatic heterocycles. The van der Waals surface area contributed by atoms with Gasteiger partial charge in [-0.05, 0) is 62.6 Å². The van der Waals surface area contributed by atoms with Crippen LogP contribution in [0.25, 0.3) is 11.3 Å². The van der Waals surface area contributed by atoms with Crippen LogP contribution in [0, 0.1) is 19.8 Å². The number of aromatic nitrogens is 3. The van der Waals surface area contributed by atoms with Gasteiger partial charge < -0.3 is 9.47 Å². The number of carbonyl (C=O) groups excluding carboxylic acids is 1. The summed E-state index contributed by atoms with van der Waals surface area (Å²) in [5.74, 6) is 2.36. The number of benzene rings is 2. The molecule has 2 aromatic carbocycles. The molecule has 0 saturated carbocycles. The molecule has 0 unspecified atom stereocenters. The lowest BCUT2D eigenvalue weighted by molar-refractivity contribution is -0.118. The minimum Gasteiger partial charge on any atom is -0.494 e. The fourth-order valence-corrected chi connectivity index (χ4v) is 4.75. The highest BCUT2D eigenvalue weighted by Crippen LogP contribution is 2.45. The summed E-state index contributed by atoms with van der Waals surface area (Å²) in [4.78, 5) is 19.5. The van der Waals surface area contributed by atoms with E-state index >= 15 is 0 Å². The molecule has 1 aromatic heterocycles. The van der Waals surface area contributed by atoms with E-state index < -0.39 is 6.23 Å². The van der Waals surface area contributed by atoms with Crippen LogP contribution in [0.2, 0.25) is 0 Å². The van der Waals surface area contributed by atoms with Crippen molar-refractivity contribution in [1.29, 1.82) is 0 Å². The van der Waals surface area contributed by atoms with Crippen molar-refractivity contribution < 1.29 is 14.3 Å². The van der Waals surface area contributed by atoms with Gasteiger partial charge in [-0.3, -0.25) is 9.69 Å². The predicted molar refractivity (Wildman–Crippen MR) is 134 cm³/mol. The first-order chi connectivity index (χ1) is 16.3. The van der Waals surface area contributed by atoms with Crippen LogP contribution in [0.1, 0.15) is 50.6 Å². The van der Waals surface area contributed by atoms with Crippen LogP contribution < -0.4 is 14.4 Å². The Balaban J connectivity index is 1.89. The van der Waals surface area contributed by atoms with Crippen molar-refractivity contribution in [2.24, 2.45) is 5.92 Å². The van der Waals surface area contributed by atoms with Gasteiger partial charge in [-0.2, -0.15) is 4.98 Å². The molecular formula is C26H30N4O3S. The number of rotatable bonds is 6. The molecule has 2 heterocycles. The van der Waals surface area contributed by atoms with E-state index in [2.05, 4.69) is 30.1 Å². The highest BCUT2D eigenvalue weighted by molar-refractivity contribution is 7.99. The third-order valence-electron chi connectivity index (χ3n) is 5.40. The highest BCUT2D eigenvalue weighted by atomic mass is 32.2. The largest absolute Gasteiger partial charge is 0.494 e. The van der Waals surface area contributed by atoms with Gasteiger partial charge in [-0.1, -0.05) is 37.2 Å². The van der Waals surface area contributed by atoms with E-state index in [4.69, 9.17) is 14.5 Å². The second-order valence-corrected chi connectivity index (χ2v) is 9.78. The normalized spacial score (nSPS) is 14.8. The van der Waals surface area contributed by atoms with Gasteiger partial charge in [0.15, 0.2) is 5.69 Å². The van der Waals surface area contributed by atoms with Crippen molar-refractivity contribution in [3.05, 3.63) is 53.1 Å². The zero-order chi connectivity index (χ0) is 24.4. The number of nitrogens with zero attached hydrogens (tertiary/aromatic N) is 4. The van der Waals surface area contributed by atoms with Gasteiger partial charge in [-0.25, -0.2) is 0 Å². The van der Waals surface area contributed by atoms with Crippen LogP contribution in [-0.4, -0.2) is 33.4 Å². The van der Waals surface area contributed by atoms with Crippen LogP contribution in [-0.2, 0) is 4.79 Å². The van der Waals surface area contributed by atoms with Crippen LogP contribution in [0.4, 0.5) is 5.69 Å². The van der Waals surface area contributed by atoms with E-state index in [0.717, 1.165) is 39.4 Å². The molecule has 0 N–H and O–H groups in total. The average molecular weight is 479 g/mol. The third-order valence-corrected chi connectivity index (χ3v) is 6.66. The van der Waals surface area contributed by atoms with E-state index in [1.54, 1.807) is 23.6 Å². The van der Waals surface area contributed by atoms with Gasteiger partial charge in [0.2, 0.25) is 23.2 Å².